The molecule has 2 unspecified atom stereocenters. The fourth-order valence-electron chi connectivity index (χ4n) is 2.90. The summed E-state index contributed by atoms with van der Waals surface area (Å²) in [5, 5.41) is 14.1. The number of hydrogen-bond donors (Lipinski definition) is 1. The Balaban J connectivity index is 2.18. The minimum absolute atomic E-state index is 0.291. The van der Waals surface area contributed by atoms with Crippen molar-refractivity contribution in [2.24, 2.45) is 11.8 Å². The molecule has 0 radical (unpaired) electrons. The van der Waals surface area contributed by atoms with Crippen molar-refractivity contribution in [3.63, 3.8) is 0 Å². The van der Waals surface area contributed by atoms with E-state index in [1.54, 1.807) is 6.07 Å². The summed E-state index contributed by atoms with van der Waals surface area (Å²) in [6, 6.07) is 4.29. The molecule has 2 rings (SSSR count). The average molecular weight is 266 g/mol. The van der Waals surface area contributed by atoms with Crippen molar-refractivity contribution in [2.75, 3.05) is 5.32 Å². The number of benzene rings is 1. The Bertz CT molecular complexity index is 469. The second kappa shape index (κ2) is 5.55. The molecule has 0 heterocycles. The highest BCUT2D eigenvalue weighted by molar-refractivity contribution is 5.52. The molecule has 0 saturated heterocycles. The van der Waals surface area contributed by atoms with Gasteiger partial charge in [-0.2, -0.15) is 4.39 Å². The number of nitro groups is 1. The van der Waals surface area contributed by atoms with Crippen LogP contribution in [0, 0.1) is 27.8 Å². The number of rotatable bonds is 3. The average Bonchev–Trinajstić information content (AvgIpc) is 2.35. The van der Waals surface area contributed by atoms with Crippen molar-refractivity contribution in [1.29, 1.82) is 0 Å². The highest BCUT2D eigenvalue weighted by Crippen LogP contribution is 2.32. The third-order valence-corrected chi connectivity index (χ3v) is 4.02. The molecule has 1 aliphatic rings. The lowest BCUT2D eigenvalue weighted by Gasteiger charge is -2.35. The third-order valence-electron chi connectivity index (χ3n) is 4.02. The first-order valence-corrected chi connectivity index (χ1v) is 6.69. The van der Waals surface area contributed by atoms with Crippen LogP contribution in [0.4, 0.5) is 15.8 Å². The lowest BCUT2D eigenvalue weighted by atomic mass is 9.78. The van der Waals surface area contributed by atoms with E-state index in [0.29, 0.717) is 23.6 Å². The summed E-state index contributed by atoms with van der Waals surface area (Å²) in [6.07, 6.45) is 3.54. The van der Waals surface area contributed by atoms with Crippen LogP contribution >= 0.6 is 0 Å². The van der Waals surface area contributed by atoms with Crippen LogP contribution < -0.4 is 5.32 Å². The molecule has 1 aromatic carbocycles. The molecule has 0 aromatic heterocycles. The Morgan fingerprint density at radius 2 is 1.95 bits per heavy atom. The van der Waals surface area contributed by atoms with Gasteiger partial charge in [0.25, 0.3) is 0 Å². The van der Waals surface area contributed by atoms with Gasteiger partial charge in [-0.15, -0.1) is 0 Å². The maximum Gasteiger partial charge on any atom is 0.306 e. The van der Waals surface area contributed by atoms with Crippen LogP contribution in [0.5, 0.6) is 0 Å². The minimum atomic E-state index is -0.791. The van der Waals surface area contributed by atoms with Gasteiger partial charge in [0.2, 0.25) is 5.82 Å². The molecule has 1 aliphatic carbocycles. The van der Waals surface area contributed by atoms with Gasteiger partial charge in [-0.3, -0.25) is 10.1 Å². The Morgan fingerprint density at radius 1 is 1.32 bits per heavy atom. The van der Waals surface area contributed by atoms with E-state index in [1.165, 1.54) is 12.5 Å². The zero-order valence-electron chi connectivity index (χ0n) is 11.2. The number of hydrogen-bond acceptors (Lipinski definition) is 3. The van der Waals surface area contributed by atoms with Crippen LogP contribution in [0.3, 0.4) is 0 Å². The fraction of sp³-hybridized carbons (Fsp3) is 0.571. The minimum Gasteiger partial charge on any atom is -0.382 e. The van der Waals surface area contributed by atoms with Gasteiger partial charge >= 0.3 is 5.69 Å². The molecule has 19 heavy (non-hydrogen) atoms. The van der Waals surface area contributed by atoms with E-state index < -0.39 is 16.4 Å². The number of nitrogens with one attached hydrogen (secondary N) is 1. The molecular formula is C14H19FN2O2. The van der Waals surface area contributed by atoms with Crippen LogP contribution in [-0.4, -0.2) is 11.0 Å². The second-order valence-corrected chi connectivity index (χ2v) is 5.48. The van der Waals surface area contributed by atoms with Gasteiger partial charge in [-0.05, 0) is 36.8 Å². The second-order valence-electron chi connectivity index (χ2n) is 5.48. The Morgan fingerprint density at radius 3 is 2.53 bits per heavy atom. The molecule has 4 nitrogen and oxygen atoms in total. The summed E-state index contributed by atoms with van der Waals surface area (Å²) in [5.74, 6) is 0.251. The number of nitrogens with zero attached hydrogens (tertiary/aromatic N) is 1. The first kappa shape index (κ1) is 13.8. The van der Waals surface area contributed by atoms with Gasteiger partial charge in [-0.25, -0.2) is 0 Å². The van der Waals surface area contributed by atoms with Crippen molar-refractivity contribution in [3.05, 3.63) is 34.1 Å². The molecule has 2 atom stereocenters. The smallest absolute Gasteiger partial charge is 0.306 e. The number of anilines is 1. The summed E-state index contributed by atoms with van der Waals surface area (Å²) in [4.78, 5) is 10.0. The number of halogens is 1. The van der Waals surface area contributed by atoms with Crippen molar-refractivity contribution in [2.45, 2.75) is 39.2 Å². The summed E-state index contributed by atoms with van der Waals surface area (Å²) in [7, 11) is 0. The Hall–Kier alpha value is -1.65. The zero-order valence-corrected chi connectivity index (χ0v) is 11.2. The normalized spacial score (nSPS) is 27.0. The lowest BCUT2D eigenvalue weighted by Crippen LogP contribution is -2.37. The van der Waals surface area contributed by atoms with E-state index in [9.17, 15) is 14.5 Å². The van der Waals surface area contributed by atoms with Crippen LogP contribution in [-0.2, 0) is 0 Å². The first-order chi connectivity index (χ1) is 8.99. The van der Waals surface area contributed by atoms with Crippen molar-refractivity contribution in [1.82, 2.24) is 0 Å². The topological polar surface area (TPSA) is 55.2 Å². The van der Waals surface area contributed by atoms with Crippen LogP contribution in [0.25, 0.3) is 0 Å². The van der Waals surface area contributed by atoms with Gasteiger partial charge < -0.3 is 5.32 Å². The monoisotopic (exact) mass is 266 g/mol. The summed E-state index contributed by atoms with van der Waals surface area (Å²) < 4.78 is 13.3. The zero-order chi connectivity index (χ0) is 14.0. The van der Waals surface area contributed by atoms with E-state index in [1.807, 2.05) is 0 Å². The number of nitro benzene ring substituents is 1. The van der Waals surface area contributed by atoms with Gasteiger partial charge in [0.1, 0.15) is 0 Å². The molecule has 0 bridgehead atoms. The standard InChI is InChI=1S/C14H19FN2O2/c1-9-4-3-5-10(2)14(9)16-11-6-7-12(15)13(8-11)17(18)19/h6-10,14,16H,3-5H2,1-2H3. The van der Waals surface area contributed by atoms with Crippen molar-refractivity contribution < 1.29 is 9.31 Å². The van der Waals surface area contributed by atoms with Gasteiger partial charge in [0.05, 0.1) is 4.92 Å². The van der Waals surface area contributed by atoms with E-state index in [-0.39, 0.29) is 0 Å². The molecule has 1 aromatic rings. The summed E-state index contributed by atoms with van der Waals surface area (Å²) >= 11 is 0. The highest BCUT2D eigenvalue weighted by atomic mass is 19.1. The Kier molecular flexibility index (Phi) is 4.02. The SMILES string of the molecule is CC1CCCC(C)C1Nc1ccc(F)c([N+](=O)[O-])c1. The molecule has 0 amide bonds. The maximum absolute atomic E-state index is 13.3. The van der Waals surface area contributed by atoms with Crippen LogP contribution in [0.15, 0.2) is 18.2 Å². The molecule has 1 saturated carbocycles. The van der Waals surface area contributed by atoms with Crippen molar-refractivity contribution >= 4 is 11.4 Å². The molecule has 1 N–H and O–H groups in total. The quantitative estimate of drug-likeness (QED) is 0.665. The molecule has 1 fully saturated rings. The summed E-state index contributed by atoms with van der Waals surface area (Å²) in [5.41, 5.74) is 0.153. The maximum atomic E-state index is 13.3. The van der Waals surface area contributed by atoms with Crippen LogP contribution in [0.1, 0.15) is 33.1 Å². The predicted octanol–water partition coefficient (Wildman–Crippen LogP) is 3.97. The van der Waals surface area contributed by atoms with E-state index >= 15 is 0 Å². The van der Waals surface area contributed by atoms with Gasteiger partial charge in [0, 0.05) is 17.8 Å². The lowest BCUT2D eigenvalue weighted by molar-refractivity contribution is -0.387. The van der Waals surface area contributed by atoms with Gasteiger partial charge in [0.15, 0.2) is 0 Å². The predicted molar refractivity (Wildman–Crippen MR) is 72.6 cm³/mol. The van der Waals surface area contributed by atoms with Crippen molar-refractivity contribution in [3.8, 4) is 0 Å². The molecular weight excluding hydrogens is 247 g/mol. The fourth-order valence-corrected chi connectivity index (χ4v) is 2.90. The first-order valence-electron chi connectivity index (χ1n) is 6.69. The molecule has 104 valence electrons. The largest absolute Gasteiger partial charge is 0.382 e. The molecule has 5 heteroatoms. The van der Waals surface area contributed by atoms with E-state index in [4.69, 9.17) is 0 Å². The Labute approximate surface area is 112 Å². The molecule has 0 aliphatic heterocycles. The van der Waals surface area contributed by atoms with Crippen LogP contribution in [0.2, 0.25) is 0 Å². The van der Waals surface area contributed by atoms with E-state index in [2.05, 4.69) is 19.2 Å². The third kappa shape index (κ3) is 3.03. The molecule has 0 spiro atoms. The van der Waals surface area contributed by atoms with E-state index in [0.717, 1.165) is 18.9 Å². The van der Waals surface area contributed by atoms with Gasteiger partial charge in [-0.1, -0.05) is 20.3 Å². The highest BCUT2D eigenvalue weighted by Gasteiger charge is 2.28. The summed E-state index contributed by atoms with van der Waals surface area (Å²) in [6.45, 7) is 4.37.